The third-order valence-electron chi connectivity index (χ3n) is 4.96. The molecule has 29 heavy (non-hydrogen) atoms. The molecule has 1 fully saturated rings. The number of hydrogen-bond acceptors (Lipinski definition) is 3. The molecule has 2 aromatic rings. The highest BCUT2D eigenvalue weighted by Crippen LogP contribution is 2.23. The third-order valence-corrected chi connectivity index (χ3v) is 6.91. The van der Waals surface area contributed by atoms with E-state index >= 15 is 0 Å². The lowest BCUT2D eigenvalue weighted by Gasteiger charge is -2.21. The van der Waals surface area contributed by atoms with Gasteiger partial charge in [0.05, 0.1) is 5.75 Å². The Kier molecular flexibility index (Phi) is 9.38. The summed E-state index contributed by atoms with van der Waals surface area (Å²) in [4.78, 5) is 4.27. The molecule has 8 heteroatoms. The number of aliphatic imine (C=N–C) groups is 1. The van der Waals surface area contributed by atoms with Gasteiger partial charge in [-0.2, -0.15) is 0 Å². The summed E-state index contributed by atoms with van der Waals surface area (Å²) in [6, 6.07) is 20.8. The van der Waals surface area contributed by atoms with Gasteiger partial charge in [0.15, 0.2) is 5.96 Å². The molecule has 1 saturated heterocycles. The zero-order chi connectivity index (χ0) is 19.8. The molecule has 1 aliphatic rings. The maximum absolute atomic E-state index is 11.9. The average Bonchev–Trinajstić information content (AvgIpc) is 3.06. The Morgan fingerprint density at radius 3 is 2.10 bits per heavy atom. The molecule has 2 aromatic carbocycles. The minimum atomic E-state index is -3.06. The summed E-state index contributed by atoms with van der Waals surface area (Å²) in [6.07, 6.45) is 0.713. The summed E-state index contributed by atoms with van der Waals surface area (Å²) >= 11 is 0. The Labute approximate surface area is 190 Å². The number of nitrogens with zero attached hydrogens (tertiary/aromatic N) is 2. The first kappa shape index (κ1) is 23.6. The van der Waals surface area contributed by atoms with Crippen molar-refractivity contribution in [2.45, 2.75) is 12.3 Å². The topological polar surface area (TPSA) is 73.8 Å². The second-order valence-electron chi connectivity index (χ2n) is 6.82. The summed E-state index contributed by atoms with van der Waals surface area (Å²) in [5, 5.41) is 6.61. The van der Waals surface area contributed by atoms with Gasteiger partial charge in [0.2, 0.25) is 10.0 Å². The zero-order valence-corrected chi connectivity index (χ0v) is 19.8. The summed E-state index contributed by atoms with van der Waals surface area (Å²) in [7, 11) is -1.33. The van der Waals surface area contributed by atoms with Crippen molar-refractivity contribution in [3.8, 4) is 0 Å². The number of nitrogens with one attached hydrogen (secondary N) is 2. The van der Waals surface area contributed by atoms with Crippen LogP contribution in [-0.2, 0) is 10.0 Å². The van der Waals surface area contributed by atoms with Crippen LogP contribution in [0.1, 0.15) is 23.5 Å². The SMILES string of the molecule is CN=C(NCCN1CCCS1(=O)=O)NCC(c1ccccc1)c1ccccc1.I. The Hall–Kier alpha value is -1.65. The van der Waals surface area contributed by atoms with Crippen LogP contribution in [0.3, 0.4) is 0 Å². The van der Waals surface area contributed by atoms with E-state index in [2.05, 4.69) is 64.2 Å². The Morgan fingerprint density at radius 1 is 1.03 bits per heavy atom. The summed E-state index contributed by atoms with van der Waals surface area (Å²) in [6.45, 7) is 2.29. The second kappa shape index (κ2) is 11.5. The van der Waals surface area contributed by atoms with Gasteiger partial charge in [0.25, 0.3) is 0 Å². The van der Waals surface area contributed by atoms with Crippen molar-refractivity contribution in [1.29, 1.82) is 0 Å². The fraction of sp³-hybridized carbons (Fsp3) is 0.381. The Morgan fingerprint density at radius 2 is 1.62 bits per heavy atom. The number of rotatable bonds is 7. The first-order chi connectivity index (χ1) is 13.6. The number of guanidine groups is 1. The summed E-state index contributed by atoms with van der Waals surface area (Å²) < 4.78 is 25.3. The molecule has 0 bridgehead atoms. The van der Waals surface area contributed by atoms with Crippen LogP contribution in [0.2, 0.25) is 0 Å². The van der Waals surface area contributed by atoms with Crippen LogP contribution in [0.15, 0.2) is 65.7 Å². The molecular formula is C21H29IN4O2S. The molecule has 3 rings (SSSR count). The lowest BCUT2D eigenvalue weighted by atomic mass is 9.91. The summed E-state index contributed by atoms with van der Waals surface area (Å²) in [5.74, 6) is 1.13. The molecule has 158 valence electrons. The molecule has 1 aliphatic heterocycles. The minimum absolute atomic E-state index is 0. The molecule has 0 saturated carbocycles. The van der Waals surface area contributed by atoms with Gasteiger partial charge < -0.3 is 10.6 Å². The van der Waals surface area contributed by atoms with E-state index in [-0.39, 0.29) is 35.6 Å². The Bertz CT molecular complexity index is 837. The fourth-order valence-electron chi connectivity index (χ4n) is 3.46. The lowest BCUT2D eigenvalue weighted by molar-refractivity contribution is 0.445. The molecule has 0 aromatic heterocycles. The van der Waals surface area contributed by atoms with E-state index in [1.54, 1.807) is 11.4 Å². The maximum atomic E-state index is 11.9. The normalized spacial score (nSPS) is 16.4. The minimum Gasteiger partial charge on any atom is -0.355 e. The number of hydrogen-bond donors (Lipinski definition) is 2. The van der Waals surface area contributed by atoms with Crippen molar-refractivity contribution in [3.63, 3.8) is 0 Å². The lowest BCUT2D eigenvalue weighted by Crippen LogP contribution is -2.43. The van der Waals surface area contributed by atoms with Gasteiger partial charge in [-0.3, -0.25) is 4.99 Å². The van der Waals surface area contributed by atoms with Crippen LogP contribution >= 0.6 is 24.0 Å². The van der Waals surface area contributed by atoms with Crippen LogP contribution < -0.4 is 10.6 Å². The van der Waals surface area contributed by atoms with Gasteiger partial charge in [-0.05, 0) is 17.5 Å². The molecule has 1 heterocycles. The monoisotopic (exact) mass is 528 g/mol. The predicted octanol–water partition coefficient (Wildman–Crippen LogP) is 2.64. The molecule has 0 spiro atoms. The molecule has 2 N–H and O–H groups in total. The van der Waals surface area contributed by atoms with Gasteiger partial charge in [-0.15, -0.1) is 24.0 Å². The zero-order valence-electron chi connectivity index (χ0n) is 16.6. The fourth-order valence-corrected chi connectivity index (χ4v) is 4.99. The van der Waals surface area contributed by atoms with E-state index < -0.39 is 10.0 Å². The molecule has 0 atom stereocenters. The standard InChI is InChI=1S/C21H28N4O2S.HI/c1-22-21(23-13-15-25-14-8-16-28(25,26)27)24-17-20(18-9-4-2-5-10-18)19-11-6-3-7-12-19;/h2-7,9-12,20H,8,13-17H2,1H3,(H2,22,23,24);1H. The largest absolute Gasteiger partial charge is 0.355 e. The predicted molar refractivity (Wildman–Crippen MR) is 129 cm³/mol. The molecular weight excluding hydrogens is 499 g/mol. The summed E-state index contributed by atoms with van der Waals surface area (Å²) in [5.41, 5.74) is 2.47. The van der Waals surface area contributed by atoms with Crippen LogP contribution in [0.25, 0.3) is 0 Å². The molecule has 0 amide bonds. The first-order valence-corrected chi connectivity index (χ1v) is 11.2. The van der Waals surface area contributed by atoms with Crippen molar-refractivity contribution in [2.24, 2.45) is 4.99 Å². The van der Waals surface area contributed by atoms with Crippen LogP contribution in [0.5, 0.6) is 0 Å². The quantitative estimate of drug-likeness (QED) is 0.329. The number of sulfonamides is 1. The highest BCUT2D eigenvalue weighted by Gasteiger charge is 2.27. The Balaban J connectivity index is 0.00000300. The van der Waals surface area contributed by atoms with Crippen molar-refractivity contribution in [3.05, 3.63) is 71.8 Å². The van der Waals surface area contributed by atoms with E-state index in [9.17, 15) is 8.42 Å². The molecule has 0 radical (unpaired) electrons. The average molecular weight is 528 g/mol. The van der Waals surface area contributed by atoms with Gasteiger partial charge in [-0.25, -0.2) is 12.7 Å². The van der Waals surface area contributed by atoms with E-state index in [0.717, 1.165) is 0 Å². The number of benzene rings is 2. The van der Waals surface area contributed by atoms with Crippen molar-refractivity contribution in [1.82, 2.24) is 14.9 Å². The number of halogens is 1. The van der Waals surface area contributed by atoms with Gasteiger partial charge in [0.1, 0.15) is 0 Å². The molecule has 0 aliphatic carbocycles. The van der Waals surface area contributed by atoms with Crippen LogP contribution in [-0.4, -0.2) is 57.7 Å². The smallest absolute Gasteiger partial charge is 0.214 e. The van der Waals surface area contributed by atoms with Crippen LogP contribution in [0.4, 0.5) is 0 Å². The van der Waals surface area contributed by atoms with E-state index in [4.69, 9.17) is 0 Å². The first-order valence-electron chi connectivity index (χ1n) is 9.62. The van der Waals surface area contributed by atoms with Crippen molar-refractivity contribution >= 4 is 40.0 Å². The van der Waals surface area contributed by atoms with Gasteiger partial charge in [-0.1, -0.05) is 60.7 Å². The van der Waals surface area contributed by atoms with Gasteiger partial charge in [0, 0.05) is 39.1 Å². The van der Waals surface area contributed by atoms with Gasteiger partial charge >= 0.3 is 0 Å². The van der Waals surface area contributed by atoms with E-state index in [1.807, 2.05) is 12.1 Å². The molecule has 6 nitrogen and oxygen atoms in total. The van der Waals surface area contributed by atoms with Crippen molar-refractivity contribution < 1.29 is 8.42 Å². The second-order valence-corrected chi connectivity index (χ2v) is 8.91. The highest BCUT2D eigenvalue weighted by atomic mass is 127. The van der Waals surface area contributed by atoms with Crippen molar-refractivity contribution in [2.75, 3.05) is 39.0 Å². The van der Waals surface area contributed by atoms with E-state index in [1.165, 1.54) is 11.1 Å². The maximum Gasteiger partial charge on any atom is 0.214 e. The van der Waals surface area contributed by atoms with Crippen LogP contribution in [0, 0.1) is 0 Å². The molecule has 0 unspecified atom stereocenters. The third kappa shape index (κ3) is 6.68. The highest BCUT2D eigenvalue weighted by molar-refractivity contribution is 14.0. The van der Waals surface area contributed by atoms with E-state index in [0.29, 0.717) is 38.6 Å².